The lowest BCUT2D eigenvalue weighted by Crippen LogP contribution is -2.41. The largest absolute Gasteiger partial charge is 0.469 e. The van der Waals surface area contributed by atoms with Gasteiger partial charge in [-0.05, 0) is 31.9 Å². The van der Waals surface area contributed by atoms with Gasteiger partial charge in [0, 0.05) is 23.6 Å². The fourth-order valence-electron chi connectivity index (χ4n) is 2.19. The zero-order valence-electron chi connectivity index (χ0n) is 14.2. The molecule has 1 aromatic carbocycles. The number of nitro benzene ring substituents is 1. The molecule has 25 heavy (non-hydrogen) atoms. The van der Waals surface area contributed by atoms with Crippen LogP contribution < -0.4 is 5.32 Å². The van der Waals surface area contributed by atoms with Gasteiger partial charge in [0.2, 0.25) is 0 Å². The fourth-order valence-corrected chi connectivity index (χ4v) is 2.19. The van der Waals surface area contributed by atoms with Gasteiger partial charge in [0.15, 0.2) is 0 Å². The minimum Gasteiger partial charge on any atom is -0.469 e. The van der Waals surface area contributed by atoms with Crippen LogP contribution in [0.25, 0.3) is 0 Å². The first-order valence-electron chi connectivity index (χ1n) is 7.50. The number of nitrogens with zero attached hydrogens (tertiary/aromatic N) is 1. The number of carbonyl (C=O) groups excluding carboxylic acids is 3. The summed E-state index contributed by atoms with van der Waals surface area (Å²) in [6.45, 7) is 1.52. The Bertz CT molecular complexity index is 672. The third-order valence-electron chi connectivity index (χ3n) is 3.55. The monoisotopic (exact) mass is 352 g/mol. The molecule has 0 spiro atoms. The summed E-state index contributed by atoms with van der Waals surface area (Å²) in [6, 6.07) is 2.98. The molecule has 9 heteroatoms. The lowest BCUT2D eigenvalue weighted by atomic mass is 10.1. The van der Waals surface area contributed by atoms with Gasteiger partial charge in [-0.2, -0.15) is 0 Å². The predicted molar refractivity (Wildman–Crippen MR) is 87.0 cm³/mol. The second kappa shape index (κ2) is 9.36. The highest BCUT2D eigenvalue weighted by molar-refractivity contribution is 5.97. The van der Waals surface area contributed by atoms with E-state index in [1.807, 2.05) is 0 Å². The number of esters is 2. The number of hydrogen-bond donors (Lipinski definition) is 1. The molecule has 1 aromatic rings. The number of hydrogen-bond acceptors (Lipinski definition) is 7. The van der Waals surface area contributed by atoms with Crippen molar-refractivity contribution in [2.75, 3.05) is 14.2 Å². The van der Waals surface area contributed by atoms with Crippen LogP contribution in [0.15, 0.2) is 18.2 Å². The van der Waals surface area contributed by atoms with Crippen molar-refractivity contribution >= 4 is 23.5 Å². The zero-order chi connectivity index (χ0) is 19.0. The molecule has 1 atom stereocenters. The van der Waals surface area contributed by atoms with Crippen molar-refractivity contribution in [3.63, 3.8) is 0 Å². The lowest BCUT2D eigenvalue weighted by Gasteiger charge is -2.16. The van der Waals surface area contributed by atoms with Gasteiger partial charge in [0.25, 0.3) is 11.6 Å². The summed E-state index contributed by atoms with van der Waals surface area (Å²) in [6.07, 6.45) is 0.627. The fraction of sp³-hybridized carbons (Fsp3) is 0.438. The summed E-state index contributed by atoms with van der Waals surface area (Å²) in [5.41, 5.74) is 0.419. The first-order chi connectivity index (χ1) is 11.8. The van der Waals surface area contributed by atoms with E-state index in [1.165, 1.54) is 39.3 Å². The molecule has 0 saturated heterocycles. The molecular weight excluding hydrogens is 332 g/mol. The minimum atomic E-state index is -0.933. The smallest absolute Gasteiger partial charge is 0.328 e. The Morgan fingerprint density at radius 2 is 1.92 bits per heavy atom. The summed E-state index contributed by atoms with van der Waals surface area (Å²) in [4.78, 5) is 45.5. The van der Waals surface area contributed by atoms with Crippen molar-refractivity contribution in [2.24, 2.45) is 0 Å². The summed E-state index contributed by atoms with van der Waals surface area (Å²) in [5, 5.41) is 13.3. The molecule has 0 heterocycles. The first kappa shape index (κ1) is 20.1. The predicted octanol–water partition coefficient (Wildman–Crippen LogP) is 1.52. The van der Waals surface area contributed by atoms with Crippen LogP contribution in [0.2, 0.25) is 0 Å². The number of aryl methyl sites for hydroxylation is 1. The molecule has 1 N–H and O–H groups in total. The van der Waals surface area contributed by atoms with Crippen LogP contribution in [-0.4, -0.2) is 43.0 Å². The molecule has 9 nitrogen and oxygen atoms in total. The van der Waals surface area contributed by atoms with E-state index in [0.717, 1.165) is 0 Å². The summed E-state index contributed by atoms with van der Waals surface area (Å²) < 4.78 is 9.16. The highest BCUT2D eigenvalue weighted by Gasteiger charge is 2.23. The van der Waals surface area contributed by atoms with E-state index in [1.54, 1.807) is 0 Å². The van der Waals surface area contributed by atoms with E-state index in [4.69, 9.17) is 0 Å². The lowest BCUT2D eigenvalue weighted by molar-refractivity contribution is -0.385. The van der Waals surface area contributed by atoms with Crippen molar-refractivity contribution in [3.8, 4) is 0 Å². The molecule has 0 bridgehead atoms. The summed E-state index contributed by atoms with van der Waals surface area (Å²) in [7, 11) is 2.46. The van der Waals surface area contributed by atoms with Gasteiger partial charge in [0.1, 0.15) is 6.04 Å². The molecule has 0 aliphatic heterocycles. The topological polar surface area (TPSA) is 125 Å². The van der Waals surface area contributed by atoms with Gasteiger partial charge in [-0.15, -0.1) is 0 Å². The molecule has 0 aliphatic carbocycles. The molecule has 0 unspecified atom stereocenters. The first-order valence-corrected chi connectivity index (χ1v) is 7.50. The standard InChI is InChI=1S/C16H20N2O7/c1-10-9-11(7-8-13(10)18(22)23)15(20)17-12(16(21)25-3)5-4-6-14(19)24-2/h7-9,12H,4-6H2,1-3H3,(H,17,20)/t12-/m0/s1. The Balaban J connectivity index is 2.80. The number of benzene rings is 1. The van der Waals surface area contributed by atoms with Crippen molar-refractivity contribution < 1.29 is 28.8 Å². The maximum Gasteiger partial charge on any atom is 0.328 e. The molecule has 0 aliphatic rings. The molecule has 0 radical (unpaired) electrons. The number of nitro groups is 1. The van der Waals surface area contributed by atoms with E-state index in [2.05, 4.69) is 14.8 Å². The number of ether oxygens (including phenoxy) is 2. The third kappa shape index (κ3) is 5.87. The molecule has 1 amide bonds. The van der Waals surface area contributed by atoms with Crippen LogP contribution in [0.1, 0.15) is 35.2 Å². The maximum absolute atomic E-state index is 12.3. The van der Waals surface area contributed by atoms with Crippen LogP contribution in [-0.2, 0) is 19.1 Å². The summed E-state index contributed by atoms with van der Waals surface area (Å²) in [5.74, 6) is -1.62. The van der Waals surface area contributed by atoms with Gasteiger partial charge in [-0.25, -0.2) is 4.79 Å². The van der Waals surface area contributed by atoms with Crippen LogP contribution >= 0.6 is 0 Å². The average molecular weight is 352 g/mol. The number of methoxy groups -OCH3 is 2. The van der Waals surface area contributed by atoms with Crippen molar-refractivity contribution in [2.45, 2.75) is 32.2 Å². The second-order valence-electron chi connectivity index (χ2n) is 5.28. The van der Waals surface area contributed by atoms with E-state index in [9.17, 15) is 24.5 Å². The Hall–Kier alpha value is -2.97. The molecule has 136 valence electrons. The van der Waals surface area contributed by atoms with Gasteiger partial charge in [-0.1, -0.05) is 0 Å². The van der Waals surface area contributed by atoms with Crippen molar-refractivity contribution in [1.82, 2.24) is 5.32 Å². The third-order valence-corrected chi connectivity index (χ3v) is 3.55. The van der Waals surface area contributed by atoms with Gasteiger partial charge < -0.3 is 14.8 Å². The van der Waals surface area contributed by atoms with Gasteiger partial charge in [0.05, 0.1) is 19.1 Å². The van der Waals surface area contributed by atoms with Crippen LogP contribution in [0.5, 0.6) is 0 Å². The van der Waals surface area contributed by atoms with Gasteiger partial charge >= 0.3 is 11.9 Å². The van der Waals surface area contributed by atoms with Gasteiger partial charge in [-0.3, -0.25) is 19.7 Å². The van der Waals surface area contributed by atoms with Crippen LogP contribution in [0, 0.1) is 17.0 Å². The molecule has 0 saturated carbocycles. The van der Waals surface area contributed by atoms with Crippen molar-refractivity contribution in [1.29, 1.82) is 0 Å². The van der Waals surface area contributed by atoms with E-state index >= 15 is 0 Å². The molecular formula is C16H20N2O7. The van der Waals surface area contributed by atoms with Crippen LogP contribution in [0.3, 0.4) is 0 Å². The second-order valence-corrected chi connectivity index (χ2v) is 5.28. The average Bonchev–Trinajstić information content (AvgIpc) is 2.59. The molecule has 0 aromatic heterocycles. The Kier molecular flexibility index (Phi) is 7.51. The SMILES string of the molecule is COC(=O)CCC[C@H](NC(=O)c1ccc([N+](=O)[O-])c(C)c1)C(=O)OC. The Morgan fingerprint density at radius 3 is 2.44 bits per heavy atom. The van der Waals surface area contributed by atoms with Crippen LogP contribution in [0.4, 0.5) is 5.69 Å². The number of nitrogens with one attached hydrogen (secondary N) is 1. The minimum absolute atomic E-state index is 0.0980. The highest BCUT2D eigenvalue weighted by atomic mass is 16.6. The van der Waals surface area contributed by atoms with E-state index in [0.29, 0.717) is 12.0 Å². The molecule has 0 fully saturated rings. The summed E-state index contributed by atoms with van der Waals surface area (Å²) >= 11 is 0. The van der Waals surface area contributed by atoms with Crippen molar-refractivity contribution in [3.05, 3.63) is 39.4 Å². The van der Waals surface area contributed by atoms with E-state index in [-0.39, 0.29) is 24.1 Å². The number of amides is 1. The Morgan fingerprint density at radius 1 is 1.24 bits per heavy atom. The number of rotatable bonds is 8. The molecule has 1 rings (SSSR count). The maximum atomic E-state index is 12.3. The Labute approximate surface area is 144 Å². The van der Waals surface area contributed by atoms with E-state index < -0.39 is 28.8 Å². The quantitative estimate of drug-likeness (QED) is 0.427. The normalized spacial score (nSPS) is 11.3. The number of carbonyl (C=O) groups is 3. The zero-order valence-corrected chi connectivity index (χ0v) is 14.2. The highest BCUT2D eigenvalue weighted by Crippen LogP contribution is 2.19.